The van der Waals surface area contributed by atoms with Gasteiger partial charge in [-0.25, -0.2) is 0 Å². The summed E-state index contributed by atoms with van der Waals surface area (Å²) in [5.74, 6) is 2.50. The fourth-order valence-corrected chi connectivity index (χ4v) is 3.24. The Hall–Kier alpha value is -2.16. The van der Waals surface area contributed by atoms with E-state index in [0.717, 1.165) is 17.2 Å². The summed E-state index contributed by atoms with van der Waals surface area (Å²) in [5, 5.41) is 3.68. The molecule has 1 fully saturated rings. The van der Waals surface area contributed by atoms with Gasteiger partial charge in [0.05, 0.1) is 7.11 Å². The van der Waals surface area contributed by atoms with Crippen molar-refractivity contribution in [3.8, 4) is 17.2 Å². The molecule has 0 unspecified atom stereocenters. The van der Waals surface area contributed by atoms with Crippen molar-refractivity contribution in [2.24, 2.45) is 0 Å². The standard InChI is InChI=1S/C21H27NO2/c1-23-19-13-15-21(16-14-19)24-20-11-9-18(10-12-20)22-17-7-5-3-2-4-6-8-17/h9-17,22H,2-8H2,1H3. The second-order valence-corrected chi connectivity index (χ2v) is 6.49. The SMILES string of the molecule is COc1ccc(Oc2ccc(NC3CCCCCCC3)cc2)cc1. The van der Waals surface area contributed by atoms with Gasteiger partial charge < -0.3 is 14.8 Å². The van der Waals surface area contributed by atoms with Crippen LogP contribution < -0.4 is 14.8 Å². The maximum absolute atomic E-state index is 5.88. The van der Waals surface area contributed by atoms with Crippen molar-refractivity contribution in [1.82, 2.24) is 0 Å². The van der Waals surface area contributed by atoms with Crippen LogP contribution in [0.2, 0.25) is 0 Å². The molecule has 24 heavy (non-hydrogen) atoms. The summed E-state index contributed by atoms with van der Waals surface area (Å²) in [6.07, 6.45) is 9.42. The van der Waals surface area contributed by atoms with Crippen molar-refractivity contribution < 1.29 is 9.47 Å². The Morgan fingerprint density at radius 2 is 1.21 bits per heavy atom. The van der Waals surface area contributed by atoms with Gasteiger partial charge in [0.15, 0.2) is 0 Å². The molecule has 0 aromatic heterocycles. The summed E-state index contributed by atoms with van der Waals surface area (Å²) in [7, 11) is 1.66. The second kappa shape index (κ2) is 8.62. The molecular formula is C21H27NO2. The molecule has 1 saturated carbocycles. The van der Waals surface area contributed by atoms with Gasteiger partial charge in [0.2, 0.25) is 0 Å². The molecule has 2 aromatic carbocycles. The lowest BCUT2D eigenvalue weighted by Crippen LogP contribution is -2.20. The summed E-state index contributed by atoms with van der Waals surface area (Å²) in [6.45, 7) is 0. The van der Waals surface area contributed by atoms with E-state index in [2.05, 4.69) is 17.4 Å². The minimum atomic E-state index is 0.610. The monoisotopic (exact) mass is 325 g/mol. The second-order valence-electron chi connectivity index (χ2n) is 6.49. The van der Waals surface area contributed by atoms with Crippen molar-refractivity contribution in [2.45, 2.75) is 51.0 Å². The summed E-state index contributed by atoms with van der Waals surface area (Å²) in [4.78, 5) is 0. The van der Waals surface area contributed by atoms with Gasteiger partial charge in [-0.1, -0.05) is 32.1 Å². The molecule has 0 spiro atoms. The quantitative estimate of drug-likeness (QED) is 0.730. The van der Waals surface area contributed by atoms with E-state index in [-0.39, 0.29) is 0 Å². The van der Waals surface area contributed by atoms with E-state index in [4.69, 9.17) is 9.47 Å². The van der Waals surface area contributed by atoms with Crippen molar-refractivity contribution in [3.05, 3.63) is 48.5 Å². The number of methoxy groups -OCH3 is 1. The van der Waals surface area contributed by atoms with E-state index in [1.807, 2.05) is 36.4 Å². The fraction of sp³-hybridized carbons (Fsp3) is 0.429. The third kappa shape index (κ3) is 4.92. The topological polar surface area (TPSA) is 30.5 Å². The van der Waals surface area contributed by atoms with Gasteiger partial charge in [-0.2, -0.15) is 0 Å². The Kier molecular flexibility index (Phi) is 6.00. The van der Waals surface area contributed by atoms with Crippen LogP contribution in [-0.4, -0.2) is 13.2 Å². The van der Waals surface area contributed by atoms with Gasteiger partial charge in [0.25, 0.3) is 0 Å². The fourth-order valence-electron chi connectivity index (χ4n) is 3.24. The highest BCUT2D eigenvalue weighted by Crippen LogP contribution is 2.26. The van der Waals surface area contributed by atoms with E-state index in [0.29, 0.717) is 6.04 Å². The lowest BCUT2D eigenvalue weighted by Gasteiger charge is -2.22. The summed E-state index contributed by atoms with van der Waals surface area (Å²) in [6, 6.07) is 16.5. The molecule has 0 radical (unpaired) electrons. The van der Waals surface area contributed by atoms with Gasteiger partial charge in [0.1, 0.15) is 17.2 Å². The van der Waals surface area contributed by atoms with Crippen molar-refractivity contribution in [1.29, 1.82) is 0 Å². The molecular weight excluding hydrogens is 298 g/mol. The first kappa shape index (κ1) is 16.7. The van der Waals surface area contributed by atoms with Gasteiger partial charge in [-0.15, -0.1) is 0 Å². The van der Waals surface area contributed by atoms with Crippen LogP contribution in [0.15, 0.2) is 48.5 Å². The zero-order chi connectivity index (χ0) is 16.6. The van der Waals surface area contributed by atoms with E-state index in [9.17, 15) is 0 Å². The smallest absolute Gasteiger partial charge is 0.127 e. The number of benzene rings is 2. The highest BCUT2D eigenvalue weighted by Gasteiger charge is 2.11. The molecule has 0 saturated heterocycles. The molecule has 1 N–H and O–H groups in total. The minimum absolute atomic E-state index is 0.610. The van der Waals surface area contributed by atoms with Crippen LogP contribution in [0, 0.1) is 0 Å². The van der Waals surface area contributed by atoms with Crippen LogP contribution in [0.3, 0.4) is 0 Å². The van der Waals surface area contributed by atoms with Crippen LogP contribution in [0.4, 0.5) is 5.69 Å². The van der Waals surface area contributed by atoms with Crippen LogP contribution in [0.1, 0.15) is 44.9 Å². The molecule has 3 rings (SSSR count). The zero-order valence-corrected chi connectivity index (χ0v) is 14.5. The number of rotatable bonds is 5. The first-order chi connectivity index (χ1) is 11.8. The van der Waals surface area contributed by atoms with E-state index in [1.165, 1.54) is 50.6 Å². The number of nitrogens with one attached hydrogen (secondary N) is 1. The molecule has 3 nitrogen and oxygen atoms in total. The number of hydrogen-bond donors (Lipinski definition) is 1. The molecule has 0 amide bonds. The van der Waals surface area contributed by atoms with Crippen LogP contribution in [-0.2, 0) is 0 Å². The van der Waals surface area contributed by atoms with Gasteiger partial charge in [0, 0.05) is 11.7 Å². The molecule has 0 atom stereocenters. The summed E-state index contributed by atoms with van der Waals surface area (Å²) < 4.78 is 11.0. The average molecular weight is 325 g/mol. The first-order valence-corrected chi connectivity index (χ1v) is 9.02. The molecule has 1 aliphatic rings. The Morgan fingerprint density at radius 3 is 1.79 bits per heavy atom. The largest absolute Gasteiger partial charge is 0.497 e. The molecule has 0 aliphatic heterocycles. The summed E-state index contributed by atoms with van der Waals surface area (Å²) >= 11 is 0. The highest BCUT2D eigenvalue weighted by molar-refractivity contribution is 5.48. The molecule has 3 heteroatoms. The highest BCUT2D eigenvalue weighted by atomic mass is 16.5. The maximum atomic E-state index is 5.88. The van der Waals surface area contributed by atoms with Crippen LogP contribution in [0.25, 0.3) is 0 Å². The van der Waals surface area contributed by atoms with E-state index >= 15 is 0 Å². The minimum Gasteiger partial charge on any atom is -0.497 e. The number of anilines is 1. The van der Waals surface area contributed by atoms with Crippen LogP contribution >= 0.6 is 0 Å². The summed E-state index contributed by atoms with van der Waals surface area (Å²) in [5.41, 5.74) is 1.18. The predicted molar refractivity (Wildman–Crippen MR) is 99.2 cm³/mol. The third-order valence-electron chi connectivity index (χ3n) is 4.63. The maximum Gasteiger partial charge on any atom is 0.127 e. The van der Waals surface area contributed by atoms with Gasteiger partial charge in [-0.05, 0) is 61.4 Å². The molecule has 2 aromatic rings. The third-order valence-corrected chi connectivity index (χ3v) is 4.63. The Morgan fingerprint density at radius 1 is 0.708 bits per heavy atom. The molecule has 0 heterocycles. The van der Waals surface area contributed by atoms with Gasteiger partial charge in [-0.3, -0.25) is 0 Å². The lowest BCUT2D eigenvalue weighted by atomic mass is 9.96. The van der Waals surface area contributed by atoms with Crippen LogP contribution in [0.5, 0.6) is 17.2 Å². The van der Waals surface area contributed by atoms with Crippen molar-refractivity contribution >= 4 is 5.69 Å². The van der Waals surface area contributed by atoms with Crippen molar-refractivity contribution in [3.63, 3.8) is 0 Å². The number of ether oxygens (including phenoxy) is 2. The molecule has 0 bridgehead atoms. The average Bonchev–Trinajstić information content (AvgIpc) is 2.59. The Balaban J connectivity index is 1.55. The lowest BCUT2D eigenvalue weighted by molar-refractivity contribution is 0.413. The first-order valence-electron chi connectivity index (χ1n) is 9.02. The Bertz CT molecular complexity index is 599. The zero-order valence-electron chi connectivity index (χ0n) is 14.5. The van der Waals surface area contributed by atoms with Gasteiger partial charge >= 0.3 is 0 Å². The predicted octanol–water partition coefficient (Wildman–Crippen LogP) is 6.01. The Labute approximate surface area is 145 Å². The van der Waals surface area contributed by atoms with E-state index in [1.54, 1.807) is 7.11 Å². The number of hydrogen-bond acceptors (Lipinski definition) is 3. The van der Waals surface area contributed by atoms with Crippen molar-refractivity contribution in [2.75, 3.05) is 12.4 Å². The molecule has 128 valence electrons. The van der Waals surface area contributed by atoms with E-state index < -0.39 is 0 Å². The normalized spacial score (nSPS) is 16.0. The molecule has 1 aliphatic carbocycles.